The maximum absolute atomic E-state index is 11.9. The summed E-state index contributed by atoms with van der Waals surface area (Å²) >= 11 is 2.02. The zero-order valence-corrected chi connectivity index (χ0v) is 19.8. The van der Waals surface area contributed by atoms with Crippen LogP contribution in [0.3, 0.4) is 0 Å². The van der Waals surface area contributed by atoms with E-state index >= 15 is 0 Å². The van der Waals surface area contributed by atoms with Crippen LogP contribution in [-0.4, -0.2) is 55.6 Å². The lowest BCUT2D eigenvalue weighted by molar-refractivity contribution is -0.121. The molecule has 2 rings (SSSR count). The molecule has 0 saturated carbocycles. The first-order valence-corrected chi connectivity index (χ1v) is 10.2. The summed E-state index contributed by atoms with van der Waals surface area (Å²) in [6.07, 6.45) is 0. The van der Waals surface area contributed by atoms with Crippen molar-refractivity contribution in [3.05, 3.63) is 29.8 Å². The minimum absolute atomic E-state index is 0. The van der Waals surface area contributed by atoms with Crippen LogP contribution < -0.4 is 20.9 Å². The monoisotopic (exact) mass is 505 g/mol. The Hall–Kier alpha value is -1.16. The molecule has 8 heteroatoms. The van der Waals surface area contributed by atoms with E-state index in [0.717, 1.165) is 13.1 Å². The first-order chi connectivity index (χ1) is 12.4. The van der Waals surface area contributed by atoms with Crippen molar-refractivity contribution in [3.8, 4) is 0 Å². The minimum atomic E-state index is -0.232. The topological polar surface area (TPSA) is 68.8 Å². The maximum Gasteiger partial charge on any atom is 0.239 e. The first kappa shape index (κ1) is 23.9. The fraction of sp³-hybridized carbons (Fsp3) is 0.579. The highest BCUT2D eigenvalue weighted by atomic mass is 127. The van der Waals surface area contributed by atoms with Crippen molar-refractivity contribution in [1.29, 1.82) is 0 Å². The Morgan fingerprint density at radius 3 is 2.33 bits per heavy atom. The van der Waals surface area contributed by atoms with E-state index in [0.29, 0.717) is 12.5 Å². The van der Waals surface area contributed by atoms with E-state index in [1.807, 2.05) is 32.5 Å². The van der Waals surface area contributed by atoms with Gasteiger partial charge in [-0.05, 0) is 38.5 Å². The molecule has 0 unspecified atom stereocenters. The lowest BCUT2D eigenvalue weighted by Crippen LogP contribution is -2.48. The van der Waals surface area contributed by atoms with Crippen LogP contribution >= 0.6 is 35.7 Å². The number of halogens is 1. The molecular formula is C19H32IN5OS. The lowest BCUT2D eigenvalue weighted by atomic mass is 10.1. The van der Waals surface area contributed by atoms with Crippen molar-refractivity contribution in [3.63, 3.8) is 0 Å². The third-order valence-electron chi connectivity index (χ3n) is 3.93. The van der Waals surface area contributed by atoms with Gasteiger partial charge < -0.3 is 20.9 Å². The Morgan fingerprint density at radius 1 is 1.15 bits per heavy atom. The largest absolute Gasteiger partial charge is 0.370 e. The van der Waals surface area contributed by atoms with E-state index in [-0.39, 0.29) is 42.0 Å². The number of hydrogen-bond acceptors (Lipinski definition) is 4. The Balaban J connectivity index is 0.00000364. The van der Waals surface area contributed by atoms with Crippen LogP contribution in [0.4, 0.5) is 5.69 Å². The smallest absolute Gasteiger partial charge is 0.239 e. The highest BCUT2D eigenvalue weighted by molar-refractivity contribution is 14.0. The molecule has 0 aromatic heterocycles. The molecule has 0 radical (unpaired) electrons. The number of hydrogen-bond donors (Lipinski definition) is 3. The van der Waals surface area contributed by atoms with Crippen LogP contribution in [0.2, 0.25) is 0 Å². The molecule has 1 heterocycles. The molecule has 1 aromatic rings. The van der Waals surface area contributed by atoms with Crippen LogP contribution in [0.15, 0.2) is 29.3 Å². The Morgan fingerprint density at radius 2 is 1.78 bits per heavy atom. The molecule has 6 nitrogen and oxygen atoms in total. The SMILES string of the molecule is CN=C(NCC(=O)NC(C)(C)C)NCc1ccc(N2CCSCC2)cc1.I. The van der Waals surface area contributed by atoms with Crippen molar-refractivity contribution in [2.24, 2.45) is 4.99 Å². The summed E-state index contributed by atoms with van der Waals surface area (Å²) in [7, 11) is 1.70. The fourth-order valence-corrected chi connectivity index (χ4v) is 3.58. The van der Waals surface area contributed by atoms with Crippen molar-refractivity contribution in [2.45, 2.75) is 32.9 Å². The summed E-state index contributed by atoms with van der Waals surface area (Å²) in [5.41, 5.74) is 2.24. The highest BCUT2D eigenvalue weighted by Gasteiger charge is 2.14. The van der Waals surface area contributed by atoms with Crippen molar-refractivity contribution < 1.29 is 4.79 Å². The number of benzene rings is 1. The number of thioether (sulfide) groups is 1. The van der Waals surface area contributed by atoms with E-state index in [1.165, 1.54) is 22.8 Å². The summed E-state index contributed by atoms with van der Waals surface area (Å²) in [6, 6.07) is 8.65. The van der Waals surface area contributed by atoms with Gasteiger partial charge in [-0.3, -0.25) is 9.79 Å². The van der Waals surface area contributed by atoms with Gasteiger partial charge in [-0.2, -0.15) is 11.8 Å². The van der Waals surface area contributed by atoms with E-state index in [2.05, 4.69) is 50.1 Å². The number of aliphatic imine (C=N–C) groups is 1. The molecule has 0 bridgehead atoms. The standard InChI is InChI=1S/C19H31N5OS.HI/c1-19(2,3)23-17(25)14-22-18(20-4)21-13-15-5-7-16(8-6-15)24-9-11-26-12-10-24;/h5-8H,9-14H2,1-4H3,(H,23,25)(H2,20,21,22);1H. The third kappa shape index (κ3) is 9.05. The summed E-state index contributed by atoms with van der Waals surface area (Å²) in [4.78, 5) is 18.5. The van der Waals surface area contributed by atoms with Crippen molar-refractivity contribution in [2.75, 3.05) is 43.1 Å². The van der Waals surface area contributed by atoms with E-state index in [4.69, 9.17) is 0 Å². The number of amides is 1. The zero-order valence-electron chi connectivity index (χ0n) is 16.7. The van der Waals surface area contributed by atoms with Gasteiger partial charge >= 0.3 is 0 Å². The number of nitrogens with one attached hydrogen (secondary N) is 3. The van der Waals surface area contributed by atoms with Gasteiger partial charge in [-0.25, -0.2) is 0 Å². The number of carbonyl (C=O) groups excluding carboxylic acids is 1. The van der Waals surface area contributed by atoms with E-state index in [1.54, 1.807) is 7.05 Å². The molecule has 0 spiro atoms. The van der Waals surface area contributed by atoms with Crippen LogP contribution in [-0.2, 0) is 11.3 Å². The van der Waals surface area contributed by atoms with Crippen molar-refractivity contribution >= 4 is 53.3 Å². The molecule has 152 valence electrons. The summed E-state index contributed by atoms with van der Waals surface area (Å²) in [6.45, 7) is 8.99. The number of carbonyl (C=O) groups is 1. The Kier molecular flexibility index (Phi) is 10.3. The number of anilines is 1. The molecule has 3 N–H and O–H groups in total. The van der Waals surface area contributed by atoms with Gasteiger partial charge in [0.15, 0.2) is 5.96 Å². The second kappa shape index (κ2) is 11.6. The van der Waals surface area contributed by atoms with E-state index in [9.17, 15) is 4.79 Å². The van der Waals surface area contributed by atoms with Crippen molar-refractivity contribution in [1.82, 2.24) is 16.0 Å². The summed E-state index contributed by atoms with van der Waals surface area (Å²) in [5.74, 6) is 2.97. The highest BCUT2D eigenvalue weighted by Crippen LogP contribution is 2.19. The average Bonchev–Trinajstić information content (AvgIpc) is 2.61. The first-order valence-electron chi connectivity index (χ1n) is 9.04. The quantitative estimate of drug-likeness (QED) is 0.326. The number of nitrogens with zero attached hydrogens (tertiary/aromatic N) is 2. The zero-order chi connectivity index (χ0) is 19.0. The Bertz CT molecular complexity index is 610. The lowest BCUT2D eigenvalue weighted by Gasteiger charge is -2.28. The van der Waals surface area contributed by atoms with Crippen LogP contribution in [0.25, 0.3) is 0 Å². The molecular weight excluding hydrogens is 473 g/mol. The molecule has 1 aliphatic rings. The van der Waals surface area contributed by atoms with Gasteiger partial charge in [0.1, 0.15) is 0 Å². The van der Waals surface area contributed by atoms with Gasteiger partial charge in [-0.1, -0.05) is 12.1 Å². The number of guanidine groups is 1. The van der Waals surface area contributed by atoms with Crippen LogP contribution in [0.5, 0.6) is 0 Å². The molecule has 1 aliphatic heterocycles. The van der Waals surface area contributed by atoms with E-state index < -0.39 is 0 Å². The maximum atomic E-state index is 11.9. The second-order valence-corrected chi connectivity index (χ2v) is 8.57. The summed E-state index contributed by atoms with van der Waals surface area (Å²) in [5, 5.41) is 9.21. The molecule has 27 heavy (non-hydrogen) atoms. The number of rotatable bonds is 5. The second-order valence-electron chi connectivity index (χ2n) is 7.34. The Labute approximate surface area is 184 Å². The molecule has 1 aromatic carbocycles. The molecule has 0 atom stereocenters. The van der Waals surface area contributed by atoms with Gasteiger partial charge in [0.05, 0.1) is 6.54 Å². The predicted octanol–water partition coefficient (Wildman–Crippen LogP) is 2.44. The normalized spacial score (nSPS) is 15.0. The van der Waals surface area contributed by atoms with Gasteiger partial charge in [0.2, 0.25) is 5.91 Å². The molecule has 0 aliphatic carbocycles. The van der Waals surface area contributed by atoms with Gasteiger partial charge in [0.25, 0.3) is 0 Å². The minimum Gasteiger partial charge on any atom is -0.370 e. The summed E-state index contributed by atoms with van der Waals surface area (Å²) < 4.78 is 0. The molecule has 1 saturated heterocycles. The molecule has 1 fully saturated rings. The predicted molar refractivity (Wildman–Crippen MR) is 127 cm³/mol. The molecule has 1 amide bonds. The van der Waals surface area contributed by atoms with Crippen LogP contribution in [0.1, 0.15) is 26.3 Å². The fourth-order valence-electron chi connectivity index (χ4n) is 2.68. The van der Waals surface area contributed by atoms with Gasteiger partial charge in [-0.15, -0.1) is 24.0 Å². The average molecular weight is 505 g/mol. The van der Waals surface area contributed by atoms with Gasteiger partial charge in [0, 0.05) is 49.4 Å². The van der Waals surface area contributed by atoms with Crippen LogP contribution in [0, 0.1) is 0 Å². The third-order valence-corrected chi connectivity index (χ3v) is 4.87.